The molecule has 0 aliphatic rings. The third-order valence-corrected chi connectivity index (χ3v) is 3.75. The molecule has 144 valence electrons. The van der Waals surface area contributed by atoms with Gasteiger partial charge in [0.15, 0.2) is 11.5 Å². The van der Waals surface area contributed by atoms with Crippen molar-refractivity contribution in [2.24, 2.45) is 0 Å². The highest BCUT2D eigenvalue weighted by Crippen LogP contribution is 2.29. The second-order valence-corrected chi connectivity index (χ2v) is 5.81. The average Bonchev–Trinajstić information content (AvgIpc) is 2.67. The van der Waals surface area contributed by atoms with Gasteiger partial charge in [0.25, 0.3) is 0 Å². The Morgan fingerprint density at radius 2 is 1.70 bits per heavy atom. The van der Waals surface area contributed by atoms with Crippen LogP contribution in [0.1, 0.15) is 25.0 Å². The van der Waals surface area contributed by atoms with Gasteiger partial charge in [0, 0.05) is 6.08 Å². The molecule has 0 unspecified atom stereocenters. The minimum atomic E-state index is -0.171. The van der Waals surface area contributed by atoms with E-state index in [2.05, 4.69) is 5.32 Å². The van der Waals surface area contributed by atoms with Crippen LogP contribution < -0.4 is 19.5 Å². The van der Waals surface area contributed by atoms with Crippen molar-refractivity contribution < 1.29 is 19.0 Å². The molecular weight excluding hydrogens is 342 g/mol. The summed E-state index contributed by atoms with van der Waals surface area (Å²) in [5.74, 6) is 2.04. The predicted molar refractivity (Wildman–Crippen MR) is 107 cm³/mol. The summed E-state index contributed by atoms with van der Waals surface area (Å²) in [6.45, 7) is 7.81. The number of hydrogen-bond acceptors (Lipinski definition) is 4. The Labute approximate surface area is 161 Å². The summed E-state index contributed by atoms with van der Waals surface area (Å²) >= 11 is 0. The first-order valence-electron chi connectivity index (χ1n) is 9.18. The number of nitrogens with one attached hydrogen (secondary N) is 1. The minimum Gasteiger partial charge on any atom is -0.491 e. The van der Waals surface area contributed by atoms with E-state index in [0.29, 0.717) is 37.9 Å². The Balaban J connectivity index is 1.83. The smallest absolute Gasteiger partial charge is 0.244 e. The van der Waals surface area contributed by atoms with E-state index < -0.39 is 0 Å². The molecule has 0 aromatic heterocycles. The maximum Gasteiger partial charge on any atom is 0.244 e. The molecule has 1 amide bonds. The van der Waals surface area contributed by atoms with E-state index in [9.17, 15) is 4.79 Å². The molecule has 0 aliphatic heterocycles. The summed E-state index contributed by atoms with van der Waals surface area (Å²) in [5, 5.41) is 2.81. The lowest BCUT2D eigenvalue weighted by Crippen LogP contribution is -2.26. The molecule has 0 saturated heterocycles. The molecular formula is C22H27NO4. The highest BCUT2D eigenvalue weighted by Gasteiger charge is 2.05. The zero-order chi connectivity index (χ0) is 19.5. The SMILES string of the molecule is CCOc1ccc(/C=C/C(=O)NCCOc2ccccc2C)cc1OCC. The van der Waals surface area contributed by atoms with E-state index in [1.54, 1.807) is 6.08 Å². The Morgan fingerprint density at radius 3 is 2.44 bits per heavy atom. The Bertz CT molecular complexity index is 771. The molecule has 0 spiro atoms. The van der Waals surface area contributed by atoms with E-state index in [1.807, 2.05) is 63.2 Å². The fourth-order valence-corrected chi connectivity index (χ4v) is 2.46. The second-order valence-electron chi connectivity index (χ2n) is 5.81. The van der Waals surface area contributed by atoms with Crippen LogP contribution in [0.2, 0.25) is 0 Å². The molecule has 2 rings (SSSR count). The molecule has 0 aliphatic carbocycles. The quantitative estimate of drug-likeness (QED) is 0.508. The lowest BCUT2D eigenvalue weighted by atomic mass is 10.2. The van der Waals surface area contributed by atoms with Crippen molar-refractivity contribution in [1.82, 2.24) is 5.32 Å². The molecule has 5 heteroatoms. The van der Waals surface area contributed by atoms with Crippen molar-refractivity contribution in [2.75, 3.05) is 26.4 Å². The number of benzene rings is 2. The van der Waals surface area contributed by atoms with Gasteiger partial charge in [-0.3, -0.25) is 4.79 Å². The van der Waals surface area contributed by atoms with Crippen molar-refractivity contribution in [1.29, 1.82) is 0 Å². The summed E-state index contributed by atoms with van der Waals surface area (Å²) in [5.41, 5.74) is 1.94. The van der Waals surface area contributed by atoms with E-state index in [1.165, 1.54) is 6.08 Å². The molecule has 0 fully saturated rings. The zero-order valence-corrected chi connectivity index (χ0v) is 16.2. The van der Waals surface area contributed by atoms with Gasteiger partial charge in [-0.05, 0) is 56.2 Å². The second kappa shape index (κ2) is 10.9. The summed E-state index contributed by atoms with van der Waals surface area (Å²) in [7, 11) is 0. The highest BCUT2D eigenvalue weighted by atomic mass is 16.5. The zero-order valence-electron chi connectivity index (χ0n) is 16.2. The van der Waals surface area contributed by atoms with Gasteiger partial charge in [0.1, 0.15) is 12.4 Å². The number of rotatable bonds is 10. The number of ether oxygens (including phenoxy) is 3. The number of amides is 1. The molecule has 2 aromatic carbocycles. The van der Waals surface area contributed by atoms with E-state index in [4.69, 9.17) is 14.2 Å². The fraction of sp³-hybridized carbons (Fsp3) is 0.318. The van der Waals surface area contributed by atoms with E-state index >= 15 is 0 Å². The Hall–Kier alpha value is -2.95. The van der Waals surface area contributed by atoms with Crippen LogP contribution in [0, 0.1) is 6.92 Å². The van der Waals surface area contributed by atoms with Gasteiger partial charge in [0.05, 0.1) is 19.8 Å². The van der Waals surface area contributed by atoms with Crippen LogP contribution in [-0.2, 0) is 4.79 Å². The Morgan fingerprint density at radius 1 is 0.963 bits per heavy atom. The average molecular weight is 369 g/mol. The minimum absolute atomic E-state index is 0.171. The number of para-hydroxylation sites is 1. The van der Waals surface area contributed by atoms with Gasteiger partial charge in [0.2, 0.25) is 5.91 Å². The molecule has 0 saturated carbocycles. The van der Waals surface area contributed by atoms with Gasteiger partial charge in [-0.2, -0.15) is 0 Å². The van der Waals surface area contributed by atoms with Gasteiger partial charge >= 0.3 is 0 Å². The summed E-state index contributed by atoms with van der Waals surface area (Å²) < 4.78 is 16.8. The molecule has 0 heterocycles. The van der Waals surface area contributed by atoms with Crippen LogP contribution in [-0.4, -0.2) is 32.3 Å². The highest BCUT2D eigenvalue weighted by molar-refractivity contribution is 5.91. The third-order valence-electron chi connectivity index (χ3n) is 3.75. The standard InChI is InChI=1S/C22H27NO4/c1-4-25-20-12-10-18(16-21(20)26-5-2)11-13-22(24)23-14-15-27-19-9-7-6-8-17(19)3/h6-13,16H,4-5,14-15H2,1-3H3,(H,23,24)/b13-11+. The van der Waals surface area contributed by atoms with Crippen LogP contribution in [0.3, 0.4) is 0 Å². The van der Waals surface area contributed by atoms with Crippen molar-refractivity contribution in [3.8, 4) is 17.2 Å². The first kappa shape index (κ1) is 20.4. The monoisotopic (exact) mass is 369 g/mol. The number of carbonyl (C=O) groups is 1. The maximum atomic E-state index is 12.0. The first-order valence-corrected chi connectivity index (χ1v) is 9.18. The molecule has 2 aromatic rings. The largest absolute Gasteiger partial charge is 0.491 e. The molecule has 0 radical (unpaired) electrons. The van der Waals surface area contributed by atoms with Crippen LogP contribution in [0.25, 0.3) is 6.08 Å². The summed E-state index contributed by atoms with van der Waals surface area (Å²) in [6, 6.07) is 13.4. The van der Waals surface area contributed by atoms with E-state index in [-0.39, 0.29) is 5.91 Å². The third kappa shape index (κ3) is 6.70. The lowest BCUT2D eigenvalue weighted by molar-refractivity contribution is -0.116. The molecule has 27 heavy (non-hydrogen) atoms. The van der Waals surface area contributed by atoms with Gasteiger partial charge in [-0.15, -0.1) is 0 Å². The van der Waals surface area contributed by atoms with Gasteiger partial charge in [-0.1, -0.05) is 24.3 Å². The van der Waals surface area contributed by atoms with Crippen LogP contribution >= 0.6 is 0 Å². The van der Waals surface area contributed by atoms with Gasteiger partial charge < -0.3 is 19.5 Å². The number of hydrogen-bond donors (Lipinski definition) is 1. The number of aryl methyl sites for hydroxylation is 1. The lowest BCUT2D eigenvalue weighted by Gasteiger charge is -2.11. The Kier molecular flexibility index (Phi) is 8.23. The van der Waals surface area contributed by atoms with Crippen molar-refractivity contribution in [2.45, 2.75) is 20.8 Å². The first-order chi connectivity index (χ1) is 13.1. The van der Waals surface area contributed by atoms with Crippen molar-refractivity contribution >= 4 is 12.0 Å². The molecule has 1 N–H and O–H groups in total. The predicted octanol–water partition coefficient (Wildman–Crippen LogP) is 4.00. The molecule has 0 atom stereocenters. The topological polar surface area (TPSA) is 56.8 Å². The summed E-state index contributed by atoms with van der Waals surface area (Å²) in [6.07, 6.45) is 3.24. The van der Waals surface area contributed by atoms with Crippen LogP contribution in [0.5, 0.6) is 17.2 Å². The van der Waals surface area contributed by atoms with Crippen LogP contribution in [0.15, 0.2) is 48.5 Å². The summed E-state index contributed by atoms with van der Waals surface area (Å²) in [4.78, 5) is 12.0. The van der Waals surface area contributed by atoms with E-state index in [0.717, 1.165) is 16.9 Å². The molecule has 0 bridgehead atoms. The van der Waals surface area contributed by atoms with Gasteiger partial charge in [-0.25, -0.2) is 0 Å². The van der Waals surface area contributed by atoms with Crippen LogP contribution in [0.4, 0.5) is 0 Å². The fourth-order valence-electron chi connectivity index (χ4n) is 2.46. The van der Waals surface area contributed by atoms with Crippen molar-refractivity contribution in [3.05, 3.63) is 59.7 Å². The van der Waals surface area contributed by atoms with Crippen molar-refractivity contribution in [3.63, 3.8) is 0 Å². The molecule has 5 nitrogen and oxygen atoms in total. The maximum absolute atomic E-state index is 12.0. The normalized spacial score (nSPS) is 10.6. The number of carbonyl (C=O) groups excluding carboxylic acids is 1.